The average Bonchev–Trinajstić information content (AvgIpc) is 2.50. The van der Waals surface area contributed by atoms with Crippen LogP contribution in [0, 0.1) is 0 Å². The van der Waals surface area contributed by atoms with Crippen LogP contribution >= 0.6 is 0 Å². The van der Waals surface area contributed by atoms with Crippen molar-refractivity contribution in [2.45, 2.75) is 56.5 Å². The summed E-state index contributed by atoms with van der Waals surface area (Å²) in [6.07, 6.45) is 9.18. The molecule has 0 amide bonds. The molecule has 3 nitrogen and oxygen atoms in total. The summed E-state index contributed by atoms with van der Waals surface area (Å²) in [7, 11) is 0. The minimum atomic E-state index is -0.313. The molecule has 88 valence electrons. The maximum absolute atomic E-state index is 9.25. The van der Waals surface area contributed by atoms with Crippen molar-refractivity contribution in [1.29, 1.82) is 0 Å². The highest BCUT2D eigenvalue weighted by Gasteiger charge is 2.36. The molecule has 0 radical (unpaired) electrons. The van der Waals surface area contributed by atoms with Gasteiger partial charge in [0.15, 0.2) is 0 Å². The zero-order valence-corrected chi connectivity index (χ0v) is 9.62. The predicted octanol–water partition coefficient (Wildman–Crippen LogP) is 1.10. The van der Waals surface area contributed by atoms with Crippen LogP contribution in [-0.2, 0) is 0 Å². The summed E-state index contributed by atoms with van der Waals surface area (Å²) < 4.78 is 0. The molecule has 3 N–H and O–H groups in total. The third-order valence-corrected chi connectivity index (χ3v) is 4.07. The van der Waals surface area contributed by atoms with Gasteiger partial charge in [0.1, 0.15) is 0 Å². The van der Waals surface area contributed by atoms with Gasteiger partial charge in [0.05, 0.1) is 12.1 Å². The number of nitrogens with two attached hydrogens (primary N) is 1. The van der Waals surface area contributed by atoms with Crippen molar-refractivity contribution < 1.29 is 5.11 Å². The molecule has 2 aliphatic rings. The summed E-state index contributed by atoms with van der Waals surface area (Å²) in [5.74, 6) is 0. The van der Waals surface area contributed by atoms with E-state index in [2.05, 4.69) is 4.90 Å². The smallest absolute Gasteiger partial charge is 0.0624 e. The Morgan fingerprint density at radius 1 is 1.20 bits per heavy atom. The van der Waals surface area contributed by atoms with Crippen molar-refractivity contribution in [3.05, 3.63) is 0 Å². The quantitative estimate of drug-likeness (QED) is 0.674. The molecule has 3 heteroatoms. The number of hydrogen-bond acceptors (Lipinski definition) is 3. The zero-order valence-electron chi connectivity index (χ0n) is 9.62. The molecule has 15 heavy (non-hydrogen) atoms. The lowest BCUT2D eigenvalue weighted by atomic mass is 10.0. The first-order valence-corrected chi connectivity index (χ1v) is 6.37. The minimum absolute atomic E-state index is 0.135. The maximum Gasteiger partial charge on any atom is 0.0624 e. The highest BCUT2D eigenvalue weighted by molar-refractivity contribution is 4.96. The summed E-state index contributed by atoms with van der Waals surface area (Å²) in [5, 5.41) is 9.25. The van der Waals surface area contributed by atoms with Crippen LogP contribution in [-0.4, -0.2) is 41.3 Å². The van der Waals surface area contributed by atoms with Gasteiger partial charge in [-0.15, -0.1) is 0 Å². The molecule has 1 unspecified atom stereocenters. The average molecular weight is 212 g/mol. The van der Waals surface area contributed by atoms with Gasteiger partial charge in [-0.05, 0) is 19.3 Å². The molecule has 0 aromatic heterocycles. The molecule has 2 fully saturated rings. The van der Waals surface area contributed by atoms with E-state index in [-0.39, 0.29) is 12.1 Å². The summed E-state index contributed by atoms with van der Waals surface area (Å²) in [5.41, 5.74) is 5.79. The van der Waals surface area contributed by atoms with E-state index < -0.39 is 0 Å². The van der Waals surface area contributed by atoms with Gasteiger partial charge in [-0.2, -0.15) is 0 Å². The molecular weight excluding hydrogens is 188 g/mol. The van der Waals surface area contributed by atoms with E-state index in [1.807, 2.05) is 0 Å². The fourth-order valence-electron chi connectivity index (χ4n) is 2.99. The lowest BCUT2D eigenvalue weighted by molar-refractivity contribution is 0.168. The van der Waals surface area contributed by atoms with Crippen LogP contribution in [0.15, 0.2) is 0 Å². The third kappa shape index (κ3) is 2.71. The molecule has 0 bridgehead atoms. The van der Waals surface area contributed by atoms with Gasteiger partial charge in [0.25, 0.3) is 0 Å². The maximum atomic E-state index is 9.25. The largest absolute Gasteiger partial charge is 0.394 e. The van der Waals surface area contributed by atoms with Crippen LogP contribution in [0.3, 0.4) is 0 Å². The van der Waals surface area contributed by atoms with Crippen molar-refractivity contribution in [1.82, 2.24) is 4.90 Å². The van der Waals surface area contributed by atoms with E-state index in [4.69, 9.17) is 5.73 Å². The second-order valence-corrected chi connectivity index (χ2v) is 5.39. The van der Waals surface area contributed by atoms with E-state index >= 15 is 0 Å². The van der Waals surface area contributed by atoms with Crippen LogP contribution in [0.4, 0.5) is 0 Å². The van der Waals surface area contributed by atoms with Gasteiger partial charge in [-0.3, -0.25) is 4.90 Å². The fourth-order valence-corrected chi connectivity index (χ4v) is 2.99. The van der Waals surface area contributed by atoms with Crippen molar-refractivity contribution in [3.8, 4) is 0 Å². The van der Waals surface area contributed by atoms with E-state index in [9.17, 15) is 5.11 Å². The van der Waals surface area contributed by atoms with Crippen molar-refractivity contribution in [3.63, 3.8) is 0 Å². The number of likely N-dealkylation sites (tertiary alicyclic amines) is 1. The molecule has 1 saturated carbocycles. The Kier molecular flexibility index (Phi) is 3.65. The first kappa shape index (κ1) is 11.4. The Bertz CT molecular complexity index is 202. The summed E-state index contributed by atoms with van der Waals surface area (Å²) in [6.45, 7) is 2.12. The second-order valence-electron chi connectivity index (χ2n) is 5.39. The van der Waals surface area contributed by atoms with E-state index in [0.717, 1.165) is 25.6 Å². The third-order valence-electron chi connectivity index (χ3n) is 4.07. The van der Waals surface area contributed by atoms with Crippen molar-refractivity contribution in [2.75, 3.05) is 19.7 Å². The number of aliphatic hydroxyl groups excluding tert-OH is 1. The molecule has 1 aliphatic heterocycles. The highest BCUT2D eigenvalue weighted by Crippen LogP contribution is 2.27. The number of aliphatic hydroxyl groups is 1. The summed E-state index contributed by atoms with van der Waals surface area (Å²) in [6, 6.07) is 0.740. The Labute approximate surface area is 92.6 Å². The van der Waals surface area contributed by atoms with E-state index in [0.29, 0.717) is 0 Å². The van der Waals surface area contributed by atoms with Gasteiger partial charge < -0.3 is 10.8 Å². The Morgan fingerprint density at radius 2 is 1.87 bits per heavy atom. The van der Waals surface area contributed by atoms with Gasteiger partial charge in [0, 0.05) is 19.1 Å². The van der Waals surface area contributed by atoms with E-state index in [1.165, 1.54) is 38.5 Å². The molecule has 1 atom stereocenters. The molecule has 0 aromatic rings. The first-order valence-electron chi connectivity index (χ1n) is 6.37. The van der Waals surface area contributed by atoms with Gasteiger partial charge in [0.2, 0.25) is 0 Å². The number of rotatable bonds is 2. The molecule has 1 heterocycles. The van der Waals surface area contributed by atoms with Crippen LogP contribution in [0.2, 0.25) is 0 Å². The first-order chi connectivity index (χ1) is 7.23. The molecule has 0 spiro atoms. The fraction of sp³-hybridized carbons (Fsp3) is 1.00. The minimum Gasteiger partial charge on any atom is -0.394 e. The lowest BCUT2D eigenvalue weighted by Gasteiger charge is -2.28. The second kappa shape index (κ2) is 4.81. The van der Waals surface area contributed by atoms with Gasteiger partial charge >= 0.3 is 0 Å². The highest BCUT2D eigenvalue weighted by atomic mass is 16.3. The normalized spacial score (nSPS) is 35.6. The van der Waals surface area contributed by atoms with Crippen LogP contribution in [0.25, 0.3) is 0 Å². The Balaban J connectivity index is 1.88. The molecule has 1 saturated heterocycles. The van der Waals surface area contributed by atoms with Crippen molar-refractivity contribution in [2.24, 2.45) is 5.73 Å². The molecule has 2 rings (SSSR count). The number of nitrogens with zero attached hydrogens (tertiary/aromatic N) is 1. The van der Waals surface area contributed by atoms with E-state index in [1.54, 1.807) is 0 Å². The topological polar surface area (TPSA) is 49.5 Å². The number of hydrogen-bond donors (Lipinski definition) is 2. The SMILES string of the molecule is NC1(CO)CCN(C2CCCCCC2)C1. The van der Waals surface area contributed by atoms with Gasteiger partial charge in [-0.25, -0.2) is 0 Å². The van der Waals surface area contributed by atoms with Crippen molar-refractivity contribution >= 4 is 0 Å². The molecule has 0 aromatic carbocycles. The lowest BCUT2D eigenvalue weighted by Crippen LogP contribution is -2.47. The molecular formula is C12H24N2O. The van der Waals surface area contributed by atoms with Crippen LogP contribution in [0.5, 0.6) is 0 Å². The Morgan fingerprint density at radius 3 is 2.40 bits per heavy atom. The Hall–Kier alpha value is -0.120. The summed E-state index contributed by atoms with van der Waals surface area (Å²) >= 11 is 0. The van der Waals surface area contributed by atoms with Crippen LogP contribution < -0.4 is 5.73 Å². The van der Waals surface area contributed by atoms with Gasteiger partial charge in [-0.1, -0.05) is 25.7 Å². The predicted molar refractivity (Wildman–Crippen MR) is 61.7 cm³/mol. The monoisotopic (exact) mass is 212 g/mol. The zero-order chi connectivity index (χ0) is 10.7. The molecule has 1 aliphatic carbocycles. The standard InChI is InChI=1S/C12H24N2O/c13-12(10-15)7-8-14(9-12)11-5-3-1-2-4-6-11/h11,15H,1-10,13H2. The van der Waals surface area contributed by atoms with Crippen LogP contribution in [0.1, 0.15) is 44.9 Å². The summed E-state index contributed by atoms with van der Waals surface area (Å²) in [4.78, 5) is 2.52.